The second-order valence-electron chi connectivity index (χ2n) is 8.72. The molecule has 1 aliphatic heterocycles. The van der Waals surface area contributed by atoms with Gasteiger partial charge >= 0.3 is 0 Å². The monoisotopic (exact) mass is 435 g/mol. The lowest BCUT2D eigenvalue weighted by Crippen LogP contribution is -2.48. The van der Waals surface area contributed by atoms with Crippen LogP contribution in [0.3, 0.4) is 0 Å². The van der Waals surface area contributed by atoms with Gasteiger partial charge in [-0.05, 0) is 43.0 Å². The molecule has 0 aromatic heterocycles. The molecule has 172 valence electrons. The van der Waals surface area contributed by atoms with Crippen LogP contribution in [-0.2, 0) is 17.9 Å². The molecule has 3 rings (SSSR count). The van der Waals surface area contributed by atoms with E-state index in [9.17, 15) is 4.79 Å². The molecule has 1 saturated heterocycles. The normalized spacial score (nSPS) is 15.6. The number of carbonyl (C=O) groups is 1. The van der Waals surface area contributed by atoms with E-state index >= 15 is 0 Å². The molecule has 2 aromatic carbocycles. The molecule has 0 saturated carbocycles. The molecule has 32 heavy (non-hydrogen) atoms. The molecular formula is C26H37N5O. The van der Waals surface area contributed by atoms with Crippen LogP contribution in [0.5, 0.6) is 0 Å². The molecule has 0 spiro atoms. The van der Waals surface area contributed by atoms with E-state index in [1.165, 1.54) is 5.56 Å². The summed E-state index contributed by atoms with van der Waals surface area (Å²) in [6.45, 7) is 10.5. The molecule has 0 bridgehead atoms. The number of carbonyl (C=O) groups excluding carboxylic acids is 1. The number of rotatable bonds is 8. The van der Waals surface area contributed by atoms with Gasteiger partial charge in [0.2, 0.25) is 5.91 Å². The number of nitrogens with zero attached hydrogens (tertiary/aromatic N) is 2. The summed E-state index contributed by atoms with van der Waals surface area (Å²) < 4.78 is 0. The van der Waals surface area contributed by atoms with Gasteiger partial charge in [0, 0.05) is 43.8 Å². The van der Waals surface area contributed by atoms with Crippen LogP contribution in [0, 0.1) is 5.92 Å². The minimum atomic E-state index is -0.0294. The number of hydrogen-bond acceptors (Lipinski definition) is 3. The molecule has 0 atom stereocenters. The number of hydrogen-bond donors (Lipinski definition) is 3. The van der Waals surface area contributed by atoms with Crippen LogP contribution in [0.25, 0.3) is 0 Å². The number of amides is 1. The minimum Gasteiger partial charge on any atom is -0.357 e. The predicted molar refractivity (Wildman–Crippen MR) is 133 cm³/mol. The molecule has 6 heteroatoms. The second kappa shape index (κ2) is 12.2. The molecule has 1 aliphatic rings. The van der Waals surface area contributed by atoms with Crippen molar-refractivity contribution in [2.75, 3.05) is 25.0 Å². The van der Waals surface area contributed by atoms with Crippen molar-refractivity contribution < 1.29 is 4.79 Å². The standard InChI is InChI=1S/C26H37N5O/c1-4-27-26(28-18-21-10-12-23(13-11-21)29-25(32)20(2)3)30-24-14-16-31(17-15-24)19-22-8-6-5-7-9-22/h5-13,20,24H,4,14-19H2,1-3H3,(H,29,32)(H2,27,28,30). The van der Waals surface area contributed by atoms with E-state index in [0.29, 0.717) is 12.6 Å². The van der Waals surface area contributed by atoms with Crippen LogP contribution in [-0.4, -0.2) is 42.4 Å². The fourth-order valence-electron chi connectivity index (χ4n) is 3.74. The number of likely N-dealkylation sites (tertiary alicyclic amines) is 1. The van der Waals surface area contributed by atoms with E-state index in [-0.39, 0.29) is 11.8 Å². The first kappa shape index (κ1) is 23.8. The van der Waals surface area contributed by atoms with Crippen LogP contribution in [0.1, 0.15) is 44.7 Å². The van der Waals surface area contributed by atoms with Gasteiger partial charge in [-0.15, -0.1) is 0 Å². The highest BCUT2D eigenvalue weighted by Crippen LogP contribution is 2.14. The molecule has 3 N–H and O–H groups in total. The number of nitrogens with one attached hydrogen (secondary N) is 3. The lowest BCUT2D eigenvalue weighted by Gasteiger charge is -2.33. The molecule has 0 aliphatic carbocycles. The van der Waals surface area contributed by atoms with Gasteiger partial charge in [-0.1, -0.05) is 56.3 Å². The van der Waals surface area contributed by atoms with Crippen LogP contribution in [0.4, 0.5) is 5.69 Å². The summed E-state index contributed by atoms with van der Waals surface area (Å²) in [5.41, 5.74) is 3.31. The Morgan fingerprint density at radius 2 is 1.72 bits per heavy atom. The van der Waals surface area contributed by atoms with Crippen LogP contribution < -0.4 is 16.0 Å². The topological polar surface area (TPSA) is 68.8 Å². The smallest absolute Gasteiger partial charge is 0.226 e. The van der Waals surface area contributed by atoms with Crippen molar-refractivity contribution in [2.24, 2.45) is 10.9 Å². The van der Waals surface area contributed by atoms with Crippen molar-refractivity contribution in [2.45, 2.75) is 52.7 Å². The highest BCUT2D eigenvalue weighted by Gasteiger charge is 2.20. The number of piperidine rings is 1. The van der Waals surface area contributed by atoms with Gasteiger partial charge in [-0.25, -0.2) is 4.99 Å². The second-order valence-corrected chi connectivity index (χ2v) is 8.72. The van der Waals surface area contributed by atoms with Crippen molar-refractivity contribution >= 4 is 17.6 Å². The van der Waals surface area contributed by atoms with E-state index in [2.05, 4.69) is 58.1 Å². The van der Waals surface area contributed by atoms with Gasteiger partial charge in [-0.2, -0.15) is 0 Å². The Labute approximate surface area is 192 Å². The maximum absolute atomic E-state index is 11.8. The third-order valence-corrected chi connectivity index (χ3v) is 5.69. The first-order valence-corrected chi connectivity index (χ1v) is 11.7. The molecule has 1 amide bonds. The first-order valence-electron chi connectivity index (χ1n) is 11.7. The fraction of sp³-hybridized carbons (Fsp3) is 0.462. The lowest BCUT2D eigenvalue weighted by molar-refractivity contribution is -0.118. The van der Waals surface area contributed by atoms with Gasteiger partial charge in [0.05, 0.1) is 6.54 Å². The highest BCUT2D eigenvalue weighted by atomic mass is 16.1. The third kappa shape index (κ3) is 7.68. The summed E-state index contributed by atoms with van der Waals surface area (Å²) >= 11 is 0. The summed E-state index contributed by atoms with van der Waals surface area (Å²) in [5, 5.41) is 9.91. The molecule has 1 fully saturated rings. The molecule has 0 radical (unpaired) electrons. The SMILES string of the molecule is CCNC(=NCc1ccc(NC(=O)C(C)C)cc1)NC1CCN(Cc2ccccc2)CC1. The molecular weight excluding hydrogens is 398 g/mol. The van der Waals surface area contributed by atoms with E-state index in [1.807, 2.05) is 38.1 Å². The van der Waals surface area contributed by atoms with Crippen LogP contribution in [0.2, 0.25) is 0 Å². The molecule has 0 unspecified atom stereocenters. The van der Waals surface area contributed by atoms with E-state index in [1.54, 1.807) is 0 Å². The quantitative estimate of drug-likeness (QED) is 0.433. The van der Waals surface area contributed by atoms with Gasteiger partial charge in [0.1, 0.15) is 0 Å². The predicted octanol–water partition coefficient (Wildman–Crippen LogP) is 4.00. The Kier molecular flexibility index (Phi) is 9.11. The summed E-state index contributed by atoms with van der Waals surface area (Å²) in [6.07, 6.45) is 2.23. The minimum absolute atomic E-state index is 0.0294. The van der Waals surface area contributed by atoms with Gasteiger partial charge < -0.3 is 16.0 Å². The van der Waals surface area contributed by atoms with Crippen molar-refractivity contribution in [1.29, 1.82) is 0 Å². The summed E-state index contributed by atoms with van der Waals surface area (Å²) in [4.78, 5) is 19.1. The molecule has 1 heterocycles. The summed E-state index contributed by atoms with van der Waals surface area (Å²) in [5.74, 6) is 0.869. The Morgan fingerprint density at radius 1 is 1.03 bits per heavy atom. The van der Waals surface area contributed by atoms with Crippen molar-refractivity contribution in [3.63, 3.8) is 0 Å². The van der Waals surface area contributed by atoms with E-state index < -0.39 is 0 Å². The van der Waals surface area contributed by atoms with Gasteiger partial charge in [-0.3, -0.25) is 9.69 Å². The Balaban J connectivity index is 1.48. The van der Waals surface area contributed by atoms with Crippen LogP contribution in [0.15, 0.2) is 59.6 Å². The van der Waals surface area contributed by atoms with Crippen molar-refractivity contribution in [3.05, 3.63) is 65.7 Å². The first-order chi connectivity index (χ1) is 15.5. The number of aliphatic imine (C=N–C) groups is 1. The lowest BCUT2D eigenvalue weighted by atomic mass is 10.0. The Hall–Kier alpha value is -2.86. The molecule has 2 aromatic rings. The average Bonchev–Trinajstić information content (AvgIpc) is 2.80. The zero-order valence-corrected chi connectivity index (χ0v) is 19.6. The van der Waals surface area contributed by atoms with Gasteiger partial charge in [0.25, 0.3) is 0 Å². The maximum Gasteiger partial charge on any atom is 0.226 e. The largest absolute Gasteiger partial charge is 0.357 e. The average molecular weight is 436 g/mol. The van der Waals surface area contributed by atoms with Gasteiger partial charge in [0.15, 0.2) is 5.96 Å². The maximum atomic E-state index is 11.8. The third-order valence-electron chi connectivity index (χ3n) is 5.69. The summed E-state index contributed by atoms with van der Waals surface area (Å²) in [6, 6.07) is 19.0. The fourth-order valence-corrected chi connectivity index (χ4v) is 3.74. The number of anilines is 1. The summed E-state index contributed by atoms with van der Waals surface area (Å²) in [7, 11) is 0. The Morgan fingerprint density at radius 3 is 2.34 bits per heavy atom. The van der Waals surface area contributed by atoms with E-state index in [0.717, 1.165) is 56.2 Å². The highest BCUT2D eigenvalue weighted by molar-refractivity contribution is 5.92. The zero-order chi connectivity index (χ0) is 22.8. The Bertz CT molecular complexity index is 856. The zero-order valence-electron chi connectivity index (χ0n) is 19.6. The molecule has 6 nitrogen and oxygen atoms in total. The van der Waals surface area contributed by atoms with Crippen molar-refractivity contribution in [1.82, 2.24) is 15.5 Å². The number of benzene rings is 2. The van der Waals surface area contributed by atoms with E-state index in [4.69, 9.17) is 4.99 Å². The van der Waals surface area contributed by atoms with Crippen molar-refractivity contribution in [3.8, 4) is 0 Å². The number of guanidine groups is 1. The van der Waals surface area contributed by atoms with Crippen LogP contribution >= 0.6 is 0 Å².